The first-order valence-electron chi connectivity index (χ1n) is 15.1. The first kappa shape index (κ1) is 33.0. The molecule has 1 amide bonds. The van der Waals surface area contributed by atoms with E-state index in [1.54, 1.807) is 30.9 Å². The van der Waals surface area contributed by atoms with E-state index in [1.807, 2.05) is 68.6 Å². The highest BCUT2D eigenvalue weighted by Gasteiger charge is 2.34. The molecule has 2 heterocycles. The van der Waals surface area contributed by atoms with E-state index in [9.17, 15) is 18.3 Å². The Balaban J connectivity index is 1.35. The Bertz CT molecular complexity index is 1740. The number of para-hydroxylation sites is 1. The zero-order valence-corrected chi connectivity index (χ0v) is 27.5. The van der Waals surface area contributed by atoms with Gasteiger partial charge in [0, 0.05) is 31.2 Å². The van der Waals surface area contributed by atoms with Crippen LogP contribution in [-0.2, 0) is 16.6 Å². The number of aliphatic hydroxyl groups excluding tert-OH is 1. The molecule has 1 aromatic heterocycles. The number of ether oxygens (including phenoxy) is 2. The van der Waals surface area contributed by atoms with Crippen molar-refractivity contribution in [2.75, 3.05) is 31.5 Å². The third-order valence-corrected chi connectivity index (χ3v) is 9.62. The smallest absolute Gasteiger partial charge is 0.267 e. The van der Waals surface area contributed by atoms with Gasteiger partial charge in [-0.25, -0.2) is 8.42 Å². The minimum absolute atomic E-state index is 0.0485. The van der Waals surface area contributed by atoms with Crippen molar-refractivity contribution in [3.05, 3.63) is 95.4 Å². The van der Waals surface area contributed by atoms with Crippen molar-refractivity contribution in [1.29, 1.82) is 0 Å². The number of carbonyl (C=O) groups is 1. The summed E-state index contributed by atoms with van der Waals surface area (Å²) in [6.45, 7) is 8.21. The second kappa shape index (κ2) is 13.9. The van der Waals surface area contributed by atoms with Gasteiger partial charge in [0.05, 0.1) is 18.2 Å². The highest BCUT2D eigenvalue weighted by Crippen LogP contribution is 2.32. The Morgan fingerprint density at radius 3 is 2.43 bits per heavy atom. The van der Waals surface area contributed by atoms with Crippen molar-refractivity contribution in [3.8, 4) is 17.2 Å². The van der Waals surface area contributed by atoms with Crippen LogP contribution in [0.2, 0.25) is 0 Å². The van der Waals surface area contributed by atoms with Crippen LogP contribution in [0.4, 0.5) is 5.69 Å². The molecule has 4 aromatic rings. The molecule has 0 unspecified atom stereocenters. The third-order valence-electron chi connectivity index (χ3n) is 8.00. The number of nitrogens with zero attached hydrogens (tertiary/aromatic N) is 3. The molecule has 5 rings (SSSR count). The van der Waals surface area contributed by atoms with E-state index in [0.717, 1.165) is 17.1 Å². The summed E-state index contributed by atoms with van der Waals surface area (Å²) in [5.41, 5.74) is 1.72. The van der Waals surface area contributed by atoms with Gasteiger partial charge in [0.2, 0.25) is 0 Å². The summed E-state index contributed by atoms with van der Waals surface area (Å²) in [5, 5.41) is 13.7. The van der Waals surface area contributed by atoms with Gasteiger partial charge in [-0.15, -0.1) is 0 Å². The number of fused-ring (bicyclic) bond motifs is 1. The third kappa shape index (κ3) is 7.52. The van der Waals surface area contributed by atoms with Crippen LogP contribution in [0.15, 0.2) is 82.2 Å². The Morgan fingerprint density at radius 2 is 1.78 bits per heavy atom. The van der Waals surface area contributed by atoms with Crippen molar-refractivity contribution in [2.24, 2.45) is 5.92 Å². The molecule has 0 saturated heterocycles. The average molecular weight is 649 g/mol. The van der Waals surface area contributed by atoms with Crippen LogP contribution in [-0.4, -0.2) is 73.3 Å². The molecular weight excluding hydrogens is 608 g/mol. The van der Waals surface area contributed by atoms with Gasteiger partial charge in [-0.2, -0.15) is 0 Å². The van der Waals surface area contributed by atoms with Gasteiger partial charge in [0.25, 0.3) is 15.9 Å². The molecule has 1 aliphatic heterocycles. The topological polar surface area (TPSA) is 134 Å². The lowest BCUT2D eigenvalue weighted by atomic mass is 9.99. The van der Waals surface area contributed by atoms with Gasteiger partial charge >= 0.3 is 0 Å². The summed E-state index contributed by atoms with van der Waals surface area (Å²) in [7, 11) is -2.03. The Kier molecular flexibility index (Phi) is 10.00. The fraction of sp³-hybridized carbons (Fsp3) is 0.353. The van der Waals surface area contributed by atoms with Gasteiger partial charge in [-0.05, 0) is 75.8 Å². The number of likely N-dealkylation sites (N-methyl/N-ethyl adjacent to an activating group) is 1. The van der Waals surface area contributed by atoms with Crippen molar-refractivity contribution < 1.29 is 32.3 Å². The molecule has 0 radical (unpaired) electrons. The van der Waals surface area contributed by atoms with Crippen molar-refractivity contribution >= 4 is 21.6 Å². The number of aryl methyl sites for hydroxylation is 2. The summed E-state index contributed by atoms with van der Waals surface area (Å²) < 4.78 is 46.4. The predicted octanol–water partition coefficient (Wildman–Crippen LogP) is 5.24. The van der Waals surface area contributed by atoms with E-state index in [2.05, 4.69) is 14.8 Å². The lowest BCUT2D eigenvalue weighted by molar-refractivity contribution is 0.0341. The average Bonchev–Trinajstić information content (AvgIpc) is 3.38. The molecule has 0 saturated carbocycles. The largest absolute Gasteiger partial charge is 0.488 e. The summed E-state index contributed by atoms with van der Waals surface area (Å²) >= 11 is 0. The molecule has 2 N–H and O–H groups in total. The number of hydrogen-bond donors (Lipinski definition) is 2. The number of benzene rings is 3. The fourth-order valence-corrected chi connectivity index (χ4v) is 6.92. The second-order valence-electron chi connectivity index (χ2n) is 11.8. The van der Waals surface area contributed by atoms with Crippen molar-refractivity contribution in [1.82, 2.24) is 15.0 Å². The fourth-order valence-electron chi connectivity index (χ4n) is 5.54. The Labute approximate surface area is 269 Å². The van der Waals surface area contributed by atoms with E-state index >= 15 is 0 Å². The van der Waals surface area contributed by atoms with Crippen molar-refractivity contribution in [3.63, 3.8) is 0 Å². The van der Waals surface area contributed by atoms with E-state index in [4.69, 9.17) is 14.0 Å². The molecule has 12 heteroatoms. The zero-order valence-electron chi connectivity index (χ0n) is 26.6. The summed E-state index contributed by atoms with van der Waals surface area (Å²) in [5.74, 6) is 1.60. The monoisotopic (exact) mass is 648 g/mol. The molecule has 11 nitrogen and oxygen atoms in total. The van der Waals surface area contributed by atoms with Crippen LogP contribution in [0.5, 0.6) is 17.2 Å². The maximum Gasteiger partial charge on any atom is 0.267 e. The van der Waals surface area contributed by atoms with E-state index < -0.39 is 16.1 Å². The van der Waals surface area contributed by atoms with Crippen LogP contribution < -0.4 is 14.2 Å². The standard InChI is InChI=1S/C34H40N4O7S/c1-22-18-38(23(2)21-39)34(40)30-17-27(36-46(41,42)33-24(3)35-45-25(33)4)13-16-31(30)44-32(22)20-37(5)19-26-11-14-29(15-12-26)43-28-9-7-6-8-10-28/h6-17,22-23,32,36,39H,18-21H2,1-5H3/t22-,23-,32-/m1/s1. The van der Waals surface area contributed by atoms with Crippen LogP contribution in [0.25, 0.3) is 0 Å². The number of hydrogen-bond acceptors (Lipinski definition) is 9. The molecule has 0 spiro atoms. The molecule has 0 fully saturated rings. The number of rotatable bonds is 11. The Morgan fingerprint density at radius 1 is 1.09 bits per heavy atom. The maximum atomic E-state index is 13.8. The summed E-state index contributed by atoms with van der Waals surface area (Å²) in [4.78, 5) is 17.5. The van der Waals surface area contributed by atoms with Gasteiger partial charge in [0.1, 0.15) is 29.0 Å². The number of aromatic nitrogens is 1. The van der Waals surface area contributed by atoms with Crippen molar-refractivity contribution in [2.45, 2.75) is 51.3 Å². The van der Waals surface area contributed by atoms with E-state index in [-0.39, 0.29) is 52.1 Å². The van der Waals surface area contributed by atoms with Gasteiger partial charge in [0.15, 0.2) is 10.7 Å². The SMILES string of the molecule is Cc1noc(C)c1S(=O)(=O)Nc1ccc2c(c1)C(=O)N([C@H](C)CO)C[C@@H](C)[C@@H](CN(C)Cc1ccc(Oc3ccccc3)cc1)O2. The number of amides is 1. The number of carbonyl (C=O) groups excluding carboxylic acids is 1. The molecule has 3 atom stereocenters. The van der Waals surface area contributed by atoms with Gasteiger partial charge in [-0.1, -0.05) is 42.4 Å². The normalized spacial score (nSPS) is 17.5. The van der Waals surface area contributed by atoms with E-state index in [1.165, 1.54) is 13.0 Å². The number of aliphatic hydroxyl groups is 1. The van der Waals surface area contributed by atoms with Crippen LogP contribution in [0.3, 0.4) is 0 Å². The lowest BCUT2D eigenvalue weighted by Gasteiger charge is -2.38. The molecule has 46 heavy (non-hydrogen) atoms. The second-order valence-corrected chi connectivity index (χ2v) is 13.5. The van der Waals surface area contributed by atoms with Crippen LogP contribution in [0.1, 0.15) is 41.2 Å². The van der Waals surface area contributed by atoms with Gasteiger partial charge in [-0.3, -0.25) is 14.4 Å². The quantitative estimate of drug-likeness (QED) is 0.224. The molecule has 1 aliphatic rings. The van der Waals surface area contributed by atoms with Gasteiger partial charge < -0.3 is 24.0 Å². The van der Waals surface area contributed by atoms with Crippen LogP contribution >= 0.6 is 0 Å². The number of anilines is 1. The molecule has 244 valence electrons. The number of nitrogens with one attached hydrogen (secondary N) is 1. The van der Waals surface area contributed by atoms with Crippen LogP contribution in [0, 0.1) is 19.8 Å². The molecule has 0 aliphatic carbocycles. The maximum absolute atomic E-state index is 13.8. The summed E-state index contributed by atoms with van der Waals surface area (Å²) in [6.07, 6.45) is -0.309. The predicted molar refractivity (Wildman–Crippen MR) is 174 cm³/mol. The highest BCUT2D eigenvalue weighted by atomic mass is 32.2. The Hall–Kier alpha value is -4.39. The minimum Gasteiger partial charge on any atom is -0.488 e. The first-order valence-corrected chi connectivity index (χ1v) is 16.6. The number of sulfonamides is 1. The molecular formula is C34H40N4O7S. The highest BCUT2D eigenvalue weighted by molar-refractivity contribution is 7.92. The van der Waals surface area contributed by atoms with E-state index in [0.29, 0.717) is 25.4 Å². The molecule has 3 aromatic carbocycles. The molecule has 0 bridgehead atoms. The first-order chi connectivity index (χ1) is 21.9. The lowest BCUT2D eigenvalue weighted by Crippen LogP contribution is -2.49. The summed E-state index contributed by atoms with van der Waals surface area (Å²) in [6, 6.07) is 21.7. The minimum atomic E-state index is -4.04. The zero-order chi connectivity index (χ0) is 33.0.